The maximum absolute atomic E-state index is 13.1. The molecule has 0 aromatic carbocycles. The van der Waals surface area contributed by atoms with E-state index >= 15 is 0 Å². The number of carbonyl (C=O) groups excluding carboxylic acids is 2. The van der Waals surface area contributed by atoms with Gasteiger partial charge in [-0.25, -0.2) is 0 Å². The molecule has 0 fully saturated rings. The van der Waals surface area contributed by atoms with Gasteiger partial charge in [-0.1, -0.05) is 161 Å². The lowest BCUT2D eigenvalue weighted by atomic mass is 9.95. The van der Waals surface area contributed by atoms with Crippen LogP contribution in [0, 0.1) is 5.92 Å². The van der Waals surface area contributed by atoms with Crippen molar-refractivity contribution in [3.8, 4) is 0 Å². The van der Waals surface area contributed by atoms with Crippen LogP contribution in [0.25, 0.3) is 0 Å². The van der Waals surface area contributed by atoms with E-state index in [1.54, 1.807) is 0 Å². The zero-order valence-corrected chi connectivity index (χ0v) is 32.7. The third-order valence-electron chi connectivity index (χ3n) is 9.59. The highest BCUT2D eigenvalue weighted by Gasteiger charge is 2.16. The number of nitrogens with zero attached hydrogens (tertiary/aromatic N) is 2. The highest BCUT2D eigenvalue weighted by atomic mass is 32.2. The molecule has 0 aromatic rings. The quantitative estimate of drug-likeness (QED) is 0.0504. The molecule has 0 aliphatic rings. The number of esters is 1. The van der Waals surface area contributed by atoms with Crippen LogP contribution in [0.3, 0.4) is 0 Å². The molecule has 0 heterocycles. The highest BCUT2D eigenvalue weighted by Crippen LogP contribution is 2.20. The molecular formula is C40H80N2O3S. The molecule has 0 radical (unpaired) electrons. The zero-order valence-electron chi connectivity index (χ0n) is 31.9. The summed E-state index contributed by atoms with van der Waals surface area (Å²) in [5.74, 6) is 1.37. The molecule has 0 bridgehead atoms. The van der Waals surface area contributed by atoms with Crippen LogP contribution in [0.2, 0.25) is 0 Å². The fourth-order valence-electron chi connectivity index (χ4n) is 5.93. The van der Waals surface area contributed by atoms with Crippen LogP contribution in [0.15, 0.2) is 0 Å². The monoisotopic (exact) mass is 669 g/mol. The molecule has 2 unspecified atom stereocenters. The van der Waals surface area contributed by atoms with Crippen molar-refractivity contribution in [1.29, 1.82) is 0 Å². The first kappa shape index (κ1) is 45.2. The van der Waals surface area contributed by atoms with Crippen LogP contribution in [-0.4, -0.2) is 66.6 Å². The second-order valence-electron chi connectivity index (χ2n) is 14.3. The molecule has 0 aliphatic heterocycles. The van der Waals surface area contributed by atoms with Crippen LogP contribution < -0.4 is 0 Å². The van der Waals surface area contributed by atoms with Gasteiger partial charge in [0.15, 0.2) is 0 Å². The Morgan fingerprint density at radius 2 is 1.00 bits per heavy atom. The Morgan fingerprint density at radius 3 is 1.48 bits per heavy atom. The van der Waals surface area contributed by atoms with Crippen molar-refractivity contribution in [2.45, 2.75) is 201 Å². The third kappa shape index (κ3) is 29.4. The molecule has 0 spiro atoms. The normalized spacial score (nSPS) is 12.8. The minimum absolute atomic E-state index is 0.00684. The number of carbonyl (C=O) groups is 2. The van der Waals surface area contributed by atoms with Crippen LogP contribution in [0.4, 0.5) is 4.79 Å². The van der Waals surface area contributed by atoms with Crippen molar-refractivity contribution in [1.82, 2.24) is 9.80 Å². The molecule has 0 saturated carbocycles. The van der Waals surface area contributed by atoms with Gasteiger partial charge >= 0.3 is 5.97 Å². The molecule has 0 rings (SSSR count). The summed E-state index contributed by atoms with van der Waals surface area (Å²) in [6.45, 7) is 11.4. The number of hydrogen-bond acceptors (Lipinski definition) is 5. The van der Waals surface area contributed by atoms with E-state index in [1.807, 2.05) is 0 Å². The average molecular weight is 669 g/mol. The number of amides is 1. The fourth-order valence-corrected chi connectivity index (χ4v) is 6.98. The Balaban J connectivity index is 4.33. The van der Waals surface area contributed by atoms with E-state index in [0.29, 0.717) is 25.0 Å². The van der Waals surface area contributed by atoms with Crippen molar-refractivity contribution in [3.05, 3.63) is 0 Å². The first-order valence-corrected chi connectivity index (χ1v) is 21.1. The summed E-state index contributed by atoms with van der Waals surface area (Å²) in [4.78, 5) is 29.9. The van der Waals surface area contributed by atoms with Crippen LogP contribution >= 0.6 is 11.8 Å². The molecule has 5 nitrogen and oxygen atoms in total. The fraction of sp³-hybridized carbons (Fsp3) is 0.950. The van der Waals surface area contributed by atoms with Gasteiger partial charge in [0.05, 0.1) is 6.61 Å². The third-order valence-corrected chi connectivity index (χ3v) is 10.7. The Labute approximate surface area is 292 Å². The van der Waals surface area contributed by atoms with Crippen molar-refractivity contribution in [2.24, 2.45) is 5.92 Å². The largest absolute Gasteiger partial charge is 0.465 e. The molecule has 2 atom stereocenters. The van der Waals surface area contributed by atoms with Crippen LogP contribution in [-0.2, 0) is 9.53 Å². The summed E-state index contributed by atoms with van der Waals surface area (Å²) < 4.78 is 5.79. The van der Waals surface area contributed by atoms with E-state index in [4.69, 9.17) is 4.74 Å². The molecular weight excluding hydrogens is 589 g/mol. The Kier molecular flexibility index (Phi) is 33.6. The van der Waals surface area contributed by atoms with E-state index in [9.17, 15) is 9.59 Å². The van der Waals surface area contributed by atoms with Crippen LogP contribution in [0.5, 0.6) is 0 Å². The minimum atomic E-state index is -0.00684. The van der Waals surface area contributed by atoms with Gasteiger partial charge in [-0.15, -0.1) is 0 Å². The van der Waals surface area contributed by atoms with Gasteiger partial charge < -0.3 is 14.5 Å². The summed E-state index contributed by atoms with van der Waals surface area (Å²) >= 11 is 1.49. The summed E-state index contributed by atoms with van der Waals surface area (Å²) in [6, 6.07) is 0.391. The van der Waals surface area contributed by atoms with Gasteiger partial charge in [-0.3, -0.25) is 9.59 Å². The molecule has 0 N–H and O–H groups in total. The lowest BCUT2D eigenvalue weighted by Crippen LogP contribution is -2.32. The Hall–Kier alpha value is -0.750. The summed E-state index contributed by atoms with van der Waals surface area (Å²) in [5.41, 5.74) is 0. The first-order valence-electron chi connectivity index (χ1n) is 20.1. The van der Waals surface area contributed by atoms with Gasteiger partial charge in [0.25, 0.3) is 5.24 Å². The number of unbranched alkanes of at least 4 members (excludes halogenated alkanes) is 19. The van der Waals surface area contributed by atoms with Crippen molar-refractivity contribution in [2.75, 3.05) is 39.5 Å². The van der Waals surface area contributed by atoms with Gasteiger partial charge in [-0.2, -0.15) is 0 Å². The smallest absolute Gasteiger partial charge is 0.305 e. The Bertz CT molecular complexity index is 675. The lowest BCUT2D eigenvalue weighted by molar-refractivity contribution is -0.145. The summed E-state index contributed by atoms with van der Waals surface area (Å²) in [6.07, 6.45) is 31.6. The maximum atomic E-state index is 13.1. The lowest BCUT2D eigenvalue weighted by Gasteiger charge is -2.24. The minimum Gasteiger partial charge on any atom is -0.465 e. The van der Waals surface area contributed by atoms with E-state index in [0.717, 1.165) is 57.4 Å². The maximum Gasteiger partial charge on any atom is 0.305 e. The molecule has 0 saturated heterocycles. The van der Waals surface area contributed by atoms with Crippen LogP contribution in [0.1, 0.15) is 195 Å². The van der Waals surface area contributed by atoms with E-state index in [-0.39, 0.29) is 11.2 Å². The highest BCUT2D eigenvalue weighted by molar-refractivity contribution is 8.13. The van der Waals surface area contributed by atoms with Gasteiger partial charge in [0.1, 0.15) is 0 Å². The van der Waals surface area contributed by atoms with Gasteiger partial charge in [0, 0.05) is 31.3 Å². The van der Waals surface area contributed by atoms with E-state index < -0.39 is 0 Å². The predicted octanol–water partition coefficient (Wildman–Crippen LogP) is 12.5. The molecule has 0 aliphatic carbocycles. The van der Waals surface area contributed by atoms with E-state index in [1.165, 1.54) is 134 Å². The number of rotatable bonds is 34. The van der Waals surface area contributed by atoms with E-state index in [2.05, 4.69) is 51.6 Å². The van der Waals surface area contributed by atoms with Gasteiger partial charge in [0.2, 0.25) is 0 Å². The molecule has 46 heavy (non-hydrogen) atoms. The second-order valence-corrected chi connectivity index (χ2v) is 15.3. The zero-order chi connectivity index (χ0) is 34.1. The van der Waals surface area contributed by atoms with Crippen molar-refractivity contribution < 1.29 is 14.3 Å². The second kappa shape index (κ2) is 34.1. The topological polar surface area (TPSA) is 49.9 Å². The Morgan fingerprint density at radius 1 is 0.587 bits per heavy atom. The standard InChI is InChI=1S/C40H80N2O3S/c1-7-10-13-16-18-19-23-28-33-42(40(44)46-36-37(4)41(5)6)34-29-24-20-22-27-32-39(43)45-35-38(30-25-15-12-9-3)31-26-21-17-14-11-8-2/h37-38H,7-36H2,1-6H3. The number of thioether (sulfide) groups is 1. The first-order chi connectivity index (χ1) is 22.3. The SMILES string of the molecule is CCCCCCCCCCN(CCCCCCCC(=O)OCC(CCCCCC)CCCCCCCC)C(=O)SCC(C)N(C)C. The average Bonchev–Trinajstić information content (AvgIpc) is 3.04. The number of hydrogen-bond donors (Lipinski definition) is 0. The van der Waals surface area contributed by atoms with Gasteiger partial charge in [-0.05, 0) is 59.0 Å². The summed E-state index contributed by atoms with van der Waals surface area (Å²) in [7, 11) is 4.16. The molecule has 0 aromatic heterocycles. The van der Waals surface area contributed by atoms with Crippen molar-refractivity contribution >= 4 is 23.0 Å². The molecule has 1 amide bonds. The van der Waals surface area contributed by atoms with Crippen molar-refractivity contribution in [3.63, 3.8) is 0 Å². The molecule has 6 heteroatoms. The molecule has 274 valence electrons. The predicted molar refractivity (Wildman–Crippen MR) is 204 cm³/mol. The number of ether oxygens (including phenoxy) is 1. The summed E-state index contributed by atoms with van der Waals surface area (Å²) in [5, 5.41) is 0.250.